The average Bonchev–Trinajstić information content (AvgIpc) is 2.87. The molecular weight excluding hydrogens is 288 g/mol. The van der Waals surface area contributed by atoms with Crippen molar-refractivity contribution in [2.24, 2.45) is 5.84 Å². The smallest absolute Gasteiger partial charge is 0.164 e. The van der Waals surface area contributed by atoms with Crippen molar-refractivity contribution in [3.63, 3.8) is 0 Å². The maximum Gasteiger partial charge on any atom is 0.164 e. The van der Waals surface area contributed by atoms with E-state index in [0.717, 1.165) is 11.3 Å². The summed E-state index contributed by atoms with van der Waals surface area (Å²) in [5.41, 5.74) is 4.17. The minimum absolute atomic E-state index is 0.503. The lowest BCUT2D eigenvalue weighted by molar-refractivity contribution is 0.828. The molecule has 7 heteroatoms. The Balaban J connectivity index is 2.13. The number of nitrogens with zero attached hydrogens (tertiary/aromatic N) is 4. The molecule has 0 aliphatic rings. The Kier molecular flexibility index (Phi) is 3.55. The molecule has 0 radical (unpaired) electrons. The summed E-state index contributed by atoms with van der Waals surface area (Å²) in [4.78, 5) is 8.87. The molecule has 0 spiro atoms. The van der Waals surface area contributed by atoms with E-state index in [4.69, 9.17) is 17.4 Å². The molecule has 0 atom stereocenters. The molecule has 0 aliphatic carbocycles. The van der Waals surface area contributed by atoms with Crippen LogP contribution in [0.15, 0.2) is 42.6 Å². The first kappa shape index (κ1) is 13.5. The summed E-state index contributed by atoms with van der Waals surface area (Å²) in [5.74, 6) is 7.14. The number of hydrogen-bond acceptors (Lipinski definition) is 5. The van der Waals surface area contributed by atoms with Gasteiger partial charge in [0.25, 0.3) is 0 Å². The number of nitrogen functional groups attached to an aromatic ring is 1. The summed E-state index contributed by atoms with van der Waals surface area (Å²) in [6, 6.07) is 11.4. The molecule has 2 heterocycles. The normalized spacial score (nSPS) is 10.6. The van der Waals surface area contributed by atoms with Gasteiger partial charge in [0.05, 0.1) is 16.9 Å². The zero-order valence-corrected chi connectivity index (χ0v) is 12.0. The molecule has 0 unspecified atom stereocenters. The summed E-state index contributed by atoms with van der Waals surface area (Å²) in [7, 11) is 0. The van der Waals surface area contributed by atoms with Crippen molar-refractivity contribution in [3.05, 3.63) is 53.3 Å². The van der Waals surface area contributed by atoms with Crippen molar-refractivity contribution in [1.82, 2.24) is 19.7 Å². The minimum atomic E-state index is 0.503. The van der Waals surface area contributed by atoms with Crippen molar-refractivity contribution in [1.29, 1.82) is 0 Å². The molecule has 0 fully saturated rings. The molecule has 0 aliphatic heterocycles. The summed E-state index contributed by atoms with van der Waals surface area (Å²) < 4.78 is 1.60. The van der Waals surface area contributed by atoms with Crippen molar-refractivity contribution in [2.75, 3.05) is 5.43 Å². The highest BCUT2D eigenvalue weighted by atomic mass is 35.5. The van der Waals surface area contributed by atoms with Gasteiger partial charge < -0.3 is 5.43 Å². The third-order valence-corrected chi connectivity index (χ3v) is 3.34. The van der Waals surface area contributed by atoms with Gasteiger partial charge in [-0.1, -0.05) is 41.9 Å². The monoisotopic (exact) mass is 300 g/mol. The van der Waals surface area contributed by atoms with Crippen molar-refractivity contribution >= 4 is 17.4 Å². The fraction of sp³-hybridized carbons (Fsp3) is 0.0714. The molecule has 0 bridgehead atoms. The van der Waals surface area contributed by atoms with Gasteiger partial charge in [-0.25, -0.2) is 20.5 Å². The van der Waals surface area contributed by atoms with Gasteiger partial charge >= 0.3 is 0 Å². The first-order valence-electron chi connectivity index (χ1n) is 6.30. The molecule has 21 heavy (non-hydrogen) atoms. The third kappa shape index (κ3) is 2.72. The number of halogens is 1. The molecule has 1 aromatic carbocycles. The van der Waals surface area contributed by atoms with Gasteiger partial charge in [-0.3, -0.25) is 0 Å². The van der Waals surface area contributed by atoms with E-state index in [-0.39, 0.29) is 0 Å². The highest BCUT2D eigenvalue weighted by Crippen LogP contribution is 2.21. The Morgan fingerprint density at radius 3 is 2.57 bits per heavy atom. The van der Waals surface area contributed by atoms with Gasteiger partial charge in [-0.15, -0.1) is 0 Å². The maximum absolute atomic E-state index is 6.04. The lowest BCUT2D eigenvalue weighted by Crippen LogP contribution is -2.11. The van der Waals surface area contributed by atoms with Crippen molar-refractivity contribution in [2.45, 2.75) is 6.92 Å². The number of benzene rings is 1. The SMILES string of the molecule is Cc1nn(-c2cc(NN)nc(-c3ccccc3)n2)cc1Cl. The number of nitrogens with two attached hydrogens (primary N) is 1. The van der Waals surface area contributed by atoms with Crippen LogP contribution in [0.2, 0.25) is 5.02 Å². The fourth-order valence-electron chi connectivity index (χ4n) is 1.90. The zero-order valence-electron chi connectivity index (χ0n) is 11.3. The average molecular weight is 301 g/mol. The number of aromatic nitrogens is 4. The molecule has 2 aromatic heterocycles. The van der Waals surface area contributed by atoms with Gasteiger partial charge in [0, 0.05) is 11.6 Å². The molecule has 0 saturated carbocycles. The van der Waals surface area contributed by atoms with Crippen LogP contribution >= 0.6 is 11.6 Å². The van der Waals surface area contributed by atoms with E-state index in [9.17, 15) is 0 Å². The van der Waals surface area contributed by atoms with Gasteiger partial charge in [-0.2, -0.15) is 5.10 Å². The van der Waals surface area contributed by atoms with E-state index in [1.165, 1.54) is 0 Å². The first-order valence-corrected chi connectivity index (χ1v) is 6.68. The fourth-order valence-corrected chi connectivity index (χ4v) is 2.03. The summed E-state index contributed by atoms with van der Waals surface area (Å²) >= 11 is 6.04. The van der Waals surface area contributed by atoms with Crippen LogP contribution in [0.25, 0.3) is 17.2 Å². The van der Waals surface area contributed by atoms with E-state index < -0.39 is 0 Å². The highest BCUT2D eigenvalue weighted by Gasteiger charge is 2.10. The maximum atomic E-state index is 6.04. The second kappa shape index (κ2) is 5.51. The van der Waals surface area contributed by atoms with E-state index in [1.807, 2.05) is 37.3 Å². The summed E-state index contributed by atoms with van der Waals surface area (Å²) in [6.45, 7) is 1.83. The van der Waals surface area contributed by atoms with E-state index in [2.05, 4.69) is 20.5 Å². The molecule has 3 N–H and O–H groups in total. The lowest BCUT2D eigenvalue weighted by Gasteiger charge is -2.07. The number of anilines is 1. The minimum Gasteiger partial charge on any atom is -0.308 e. The van der Waals surface area contributed by atoms with Crippen LogP contribution in [0.1, 0.15) is 5.69 Å². The van der Waals surface area contributed by atoms with Gasteiger partial charge in [0.1, 0.15) is 5.82 Å². The predicted octanol–water partition coefficient (Wildman–Crippen LogP) is 2.58. The number of rotatable bonds is 3. The van der Waals surface area contributed by atoms with E-state index >= 15 is 0 Å². The molecule has 0 saturated heterocycles. The molecule has 3 aromatic rings. The number of hydrazine groups is 1. The number of nitrogens with one attached hydrogen (secondary N) is 1. The predicted molar refractivity (Wildman–Crippen MR) is 82.1 cm³/mol. The Labute approximate surface area is 126 Å². The van der Waals surface area contributed by atoms with Crippen LogP contribution in [-0.2, 0) is 0 Å². The van der Waals surface area contributed by atoms with E-state index in [1.54, 1.807) is 16.9 Å². The molecular formula is C14H13ClN6. The zero-order chi connectivity index (χ0) is 14.8. The molecule has 106 valence electrons. The third-order valence-electron chi connectivity index (χ3n) is 2.97. The molecule has 6 nitrogen and oxygen atoms in total. The number of aryl methyl sites for hydroxylation is 1. The second-order valence-electron chi connectivity index (χ2n) is 4.45. The Hall–Kier alpha value is -2.44. The highest BCUT2D eigenvalue weighted by molar-refractivity contribution is 6.31. The lowest BCUT2D eigenvalue weighted by atomic mass is 10.2. The van der Waals surface area contributed by atoms with Crippen LogP contribution in [0, 0.1) is 6.92 Å². The van der Waals surface area contributed by atoms with Crippen LogP contribution in [0.4, 0.5) is 5.82 Å². The Morgan fingerprint density at radius 1 is 1.19 bits per heavy atom. The van der Waals surface area contributed by atoms with Gasteiger partial charge in [0.15, 0.2) is 11.6 Å². The Morgan fingerprint density at radius 2 is 1.95 bits per heavy atom. The van der Waals surface area contributed by atoms with Crippen molar-refractivity contribution < 1.29 is 0 Å². The van der Waals surface area contributed by atoms with Crippen LogP contribution in [0.3, 0.4) is 0 Å². The summed E-state index contributed by atoms with van der Waals surface area (Å²) in [6.07, 6.45) is 1.70. The second-order valence-corrected chi connectivity index (χ2v) is 4.86. The van der Waals surface area contributed by atoms with Gasteiger partial charge in [0.2, 0.25) is 0 Å². The Bertz CT molecular complexity index is 749. The number of hydrogen-bond donors (Lipinski definition) is 2. The molecule has 3 rings (SSSR count). The summed E-state index contributed by atoms with van der Waals surface area (Å²) in [5, 5.41) is 4.90. The van der Waals surface area contributed by atoms with Crippen molar-refractivity contribution in [3.8, 4) is 17.2 Å². The largest absolute Gasteiger partial charge is 0.308 e. The molecule has 0 amide bonds. The van der Waals surface area contributed by atoms with Crippen LogP contribution in [-0.4, -0.2) is 19.7 Å². The van der Waals surface area contributed by atoms with Crippen LogP contribution in [0.5, 0.6) is 0 Å². The quantitative estimate of drug-likeness (QED) is 0.574. The standard InChI is InChI=1S/C14H13ClN6/c1-9-11(15)8-21(20-9)13-7-12(19-16)17-14(18-13)10-5-3-2-4-6-10/h2-8H,16H2,1H3,(H,17,18,19). The first-order chi connectivity index (χ1) is 10.2. The van der Waals surface area contributed by atoms with Gasteiger partial charge in [-0.05, 0) is 6.92 Å². The topological polar surface area (TPSA) is 81.7 Å². The van der Waals surface area contributed by atoms with Crippen LogP contribution < -0.4 is 11.3 Å². The van der Waals surface area contributed by atoms with E-state index in [0.29, 0.717) is 22.5 Å².